The van der Waals surface area contributed by atoms with E-state index in [1.54, 1.807) is 54.6 Å². The van der Waals surface area contributed by atoms with Crippen molar-refractivity contribution in [3.63, 3.8) is 0 Å². The highest BCUT2D eigenvalue weighted by molar-refractivity contribution is 8.18. The summed E-state index contributed by atoms with van der Waals surface area (Å²) in [6, 6.07) is 13.5. The van der Waals surface area contributed by atoms with E-state index in [0.29, 0.717) is 16.9 Å². The number of hydrogen-bond donors (Lipinski definition) is 1. The molecule has 1 saturated heterocycles. The van der Waals surface area contributed by atoms with Gasteiger partial charge in [-0.25, -0.2) is 4.79 Å². The highest BCUT2D eigenvalue weighted by Gasteiger charge is 2.25. The van der Waals surface area contributed by atoms with Crippen LogP contribution in [0.2, 0.25) is 0 Å². The van der Waals surface area contributed by atoms with Crippen LogP contribution in [-0.2, 0) is 4.79 Å². The molecule has 2 aromatic carbocycles. The van der Waals surface area contributed by atoms with Gasteiger partial charge in [0.1, 0.15) is 0 Å². The van der Waals surface area contributed by atoms with E-state index in [-0.39, 0.29) is 10.7 Å². The molecule has 1 heterocycles. The third-order valence-corrected chi connectivity index (χ3v) is 4.15. The number of thioether (sulfide) groups is 1. The lowest BCUT2D eigenvalue weighted by Crippen LogP contribution is -2.17. The molecule has 0 aliphatic carbocycles. The molecule has 1 aliphatic rings. The van der Waals surface area contributed by atoms with Crippen LogP contribution in [0.1, 0.15) is 15.9 Å². The summed E-state index contributed by atoms with van der Waals surface area (Å²) in [4.78, 5) is 35.4. The number of imide groups is 1. The van der Waals surface area contributed by atoms with Gasteiger partial charge in [-0.3, -0.25) is 14.9 Å². The van der Waals surface area contributed by atoms with Crippen molar-refractivity contribution >= 4 is 35.0 Å². The number of esters is 1. The summed E-state index contributed by atoms with van der Waals surface area (Å²) >= 11 is 0.818. The summed E-state index contributed by atoms with van der Waals surface area (Å²) < 4.78 is 10.6. The monoisotopic (exact) mass is 355 g/mol. The first kappa shape index (κ1) is 16.8. The van der Waals surface area contributed by atoms with Crippen LogP contribution in [0.15, 0.2) is 53.4 Å². The summed E-state index contributed by atoms with van der Waals surface area (Å²) in [6.45, 7) is 0. The second-order valence-corrected chi connectivity index (χ2v) is 6.03. The van der Waals surface area contributed by atoms with E-state index >= 15 is 0 Å². The van der Waals surface area contributed by atoms with Gasteiger partial charge in [-0.2, -0.15) is 0 Å². The Hall–Kier alpha value is -3.06. The molecule has 0 atom stereocenters. The predicted molar refractivity (Wildman–Crippen MR) is 93.5 cm³/mol. The number of amides is 2. The zero-order valence-electron chi connectivity index (χ0n) is 13.1. The van der Waals surface area contributed by atoms with Crippen molar-refractivity contribution in [3.05, 3.63) is 64.6 Å². The topological polar surface area (TPSA) is 81.7 Å². The minimum atomic E-state index is -0.521. The van der Waals surface area contributed by atoms with Gasteiger partial charge >= 0.3 is 5.97 Å². The number of carbonyl (C=O) groups excluding carboxylic acids is 3. The van der Waals surface area contributed by atoms with Crippen LogP contribution >= 0.6 is 11.8 Å². The van der Waals surface area contributed by atoms with Gasteiger partial charge in [-0.1, -0.05) is 24.3 Å². The first-order valence-corrected chi connectivity index (χ1v) is 8.08. The van der Waals surface area contributed by atoms with E-state index in [9.17, 15) is 14.4 Å². The van der Waals surface area contributed by atoms with Gasteiger partial charge in [0, 0.05) is 0 Å². The second-order valence-electron chi connectivity index (χ2n) is 5.02. The molecule has 3 rings (SSSR count). The molecule has 2 aromatic rings. The van der Waals surface area contributed by atoms with Gasteiger partial charge in [0.2, 0.25) is 0 Å². The maximum Gasteiger partial charge on any atom is 0.343 e. The number of methoxy groups -OCH3 is 1. The molecule has 1 aliphatic heterocycles. The van der Waals surface area contributed by atoms with Crippen molar-refractivity contribution in [2.45, 2.75) is 0 Å². The number of benzene rings is 2. The van der Waals surface area contributed by atoms with E-state index in [1.807, 2.05) is 0 Å². The molecule has 126 valence electrons. The summed E-state index contributed by atoms with van der Waals surface area (Å²) in [7, 11) is 1.46. The van der Waals surface area contributed by atoms with E-state index in [4.69, 9.17) is 9.47 Å². The average Bonchev–Trinajstić information content (AvgIpc) is 2.93. The minimum Gasteiger partial charge on any atom is -0.493 e. The van der Waals surface area contributed by atoms with Crippen molar-refractivity contribution in [3.8, 4) is 11.5 Å². The fourth-order valence-corrected chi connectivity index (χ4v) is 2.85. The van der Waals surface area contributed by atoms with E-state index in [2.05, 4.69) is 5.32 Å². The van der Waals surface area contributed by atoms with Crippen LogP contribution in [0.25, 0.3) is 6.08 Å². The molecule has 2 amide bonds. The smallest absolute Gasteiger partial charge is 0.343 e. The number of hydrogen-bond acceptors (Lipinski definition) is 6. The summed E-state index contributed by atoms with van der Waals surface area (Å²) in [5, 5.41) is 1.77. The largest absolute Gasteiger partial charge is 0.493 e. The van der Waals surface area contributed by atoms with Crippen molar-refractivity contribution in [1.82, 2.24) is 5.32 Å². The van der Waals surface area contributed by atoms with Crippen LogP contribution in [0.3, 0.4) is 0 Å². The highest BCUT2D eigenvalue weighted by Crippen LogP contribution is 2.32. The Balaban J connectivity index is 1.88. The molecule has 7 heteroatoms. The van der Waals surface area contributed by atoms with Crippen molar-refractivity contribution < 1.29 is 23.9 Å². The van der Waals surface area contributed by atoms with Crippen molar-refractivity contribution in [1.29, 1.82) is 0 Å². The molecule has 0 aromatic heterocycles. The average molecular weight is 355 g/mol. The number of nitrogens with one attached hydrogen (secondary N) is 1. The molecule has 6 nitrogen and oxygen atoms in total. The van der Waals surface area contributed by atoms with Crippen LogP contribution in [0, 0.1) is 0 Å². The van der Waals surface area contributed by atoms with Crippen LogP contribution in [-0.4, -0.2) is 24.2 Å². The van der Waals surface area contributed by atoms with Gasteiger partial charge < -0.3 is 9.47 Å². The molecule has 1 fully saturated rings. The highest BCUT2D eigenvalue weighted by atomic mass is 32.2. The fraction of sp³-hybridized carbons (Fsp3) is 0.0556. The van der Waals surface area contributed by atoms with Crippen LogP contribution in [0.5, 0.6) is 11.5 Å². The second kappa shape index (κ2) is 7.23. The van der Waals surface area contributed by atoms with Gasteiger partial charge in [-0.05, 0) is 47.7 Å². The molecule has 0 spiro atoms. The van der Waals surface area contributed by atoms with Crippen LogP contribution < -0.4 is 14.8 Å². The number of rotatable bonds is 4. The van der Waals surface area contributed by atoms with Gasteiger partial charge in [-0.15, -0.1) is 0 Å². The van der Waals surface area contributed by atoms with E-state index in [1.165, 1.54) is 7.11 Å². The molecular weight excluding hydrogens is 342 g/mol. The Morgan fingerprint density at radius 2 is 1.84 bits per heavy atom. The lowest BCUT2D eigenvalue weighted by molar-refractivity contribution is -0.115. The lowest BCUT2D eigenvalue weighted by Gasteiger charge is -2.10. The quantitative estimate of drug-likeness (QED) is 0.515. The van der Waals surface area contributed by atoms with Crippen molar-refractivity contribution in [2.24, 2.45) is 0 Å². The molecule has 0 saturated carbocycles. The SMILES string of the molecule is COc1ccc(/C=C2\SC(=O)NC2=O)cc1OC(=O)c1ccccc1. The van der Waals surface area contributed by atoms with E-state index < -0.39 is 17.1 Å². The minimum absolute atomic E-state index is 0.223. The number of ether oxygens (including phenoxy) is 2. The normalized spacial score (nSPS) is 15.2. The third kappa shape index (κ3) is 3.89. The zero-order chi connectivity index (χ0) is 17.8. The Morgan fingerprint density at radius 3 is 2.48 bits per heavy atom. The summed E-state index contributed by atoms with van der Waals surface area (Å²) in [5.74, 6) is -0.369. The Bertz CT molecular complexity index is 876. The molecule has 25 heavy (non-hydrogen) atoms. The van der Waals surface area contributed by atoms with Gasteiger partial charge in [0.05, 0.1) is 17.6 Å². The molecule has 0 bridgehead atoms. The number of carbonyl (C=O) groups is 3. The zero-order valence-corrected chi connectivity index (χ0v) is 14.0. The molecule has 0 unspecified atom stereocenters. The third-order valence-electron chi connectivity index (χ3n) is 3.34. The van der Waals surface area contributed by atoms with Gasteiger partial charge in [0.15, 0.2) is 11.5 Å². The predicted octanol–water partition coefficient (Wildman–Crippen LogP) is 3.24. The molecular formula is C18H13NO5S. The van der Waals surface area contributed by atoms with E-state index in [0.717, 1.165) is 11.8 Å². The maximum atomic E-state index is 12.2. The van der Waals surface area contributed by atoms with Gasteiger partial charge in [0.25, 0.3) is 11.1 Å². The first-order valence-electron chi connectivity index (χ1n) is 7.27. The maximum absolute atomic E-state index is 12.2. The molecule has 1 N–H and O–H groups in total. The fourth-order valence-electron chi connectivity index (χ4n) is 2.17. The standard InChI is InChI=1S/C18H13NO5S/c1-23-13-8-7-11(10-15-16(20)19-18(22)25-15)9-14(13)24-17(21)12-5-3-2-4-6-12/h2-10H,1H3,(H,19,20,22)/b15-10-. The summed E-state index contributed by atoms with van der Waals surface area (Å²) in [6.07, 6.45) is 1.55. The van der Waals surface area contributed by atoms with Crippen molar-refractivity contribution in [2.75, 3.05) is 7.11 Å². The Kier molecular flexibility index (Phi) is 4.85. The van der Waals surface area contributed by atoms with Crippen LogP contribution in [0.4, 0.5) is 4.79 Å². The lowest BCUT2D eigenvalue weighted by atomic mass is 10.1. The Labute approximate surface area is 147 Å². The summed E-state index contributed by atoms with van der Waals surface area (Å²) in [5.41, 5.74) is 1.01. The Morgan fingerprint density at radius 1 is 1.08 bits per heavy atom. The first-order chi connectivity index (χ1) is 12.1. The molecule has 0 radical (unpaired) electrons.